The number of benzene rings is 1. The summed E-state index contributed by atoms with van der Waals surface area (Å²) in [6.45, 7) is 4.38. The van der Waals surface area contributed by atoms with E-state index in [1.165, 1.54) is 0 Å². The molecule has 0 atom stereocenters. The van der Waals surface area contributed by atoms with Gasteiger partial charge in [-0.05, 0) is 51.1 Å². The number of nitrogens with one attached hydrogen (secondary N) is 3. The summed E-state index contributed by atoms with van der Waals surface area (Å²) in [7, 11) is -1.50. The van der Waals surface area contributed by atoms with Gasteiger partial charge in [-0.25, -0.2) is 8.42 Å². The predicted molar refractivity (Wildman–Crippen MR) is 90.7 cm³/mol. The Bertz CT molecular complexity index is 600. The minimum atomic E-state index is -3.34. The molecule has 0 heterocycles. The van der Waals surface area contributed by atoms with Crippen molar-refractivity contribution in [2.24, 2.45) is 0 Å². The highest BCUT2D eigenvalue weighted by Crippen LogP contribution is 2.24. The van der Waals surface area contributed by atoms with Gasteiger partial charge in [-0.1, -0.05) is 13.0 Å². The molecular weight excluding hydrogens is 302 g/mol. The van der Waals surface area contributed by atoms with Crippen LogP contribution in [0.25, 0.3) is 0 Å². The third-order valence-corrected chi connectivity index (χ3v) is 4.65. The van der Waals surface area contributed by atoms with Gasteiger partial charge in [0.1, 0.15) is 0 Å². The fourth-order valence-electron chi connectivity index (χ4n) is 2.01. The third kappa shape index (κ3) is 6.03. The molecule has 1 amide bonds. The molecule has 1 rings (SSSR count). The van der Waals surface area contributed by atoms with Crippen LogP contribution in [-0.2, 0) is 14.8 Å². The second-order valence-corrected chi connectivity index (χ2v) is 7.00. The fourth-order valence-corrected chi connectivity index (χ4v) is 3.20. The van der Waals surface area contributed by atoms with Gasteiger partial charge in [0.25, 0.3) is 0 Å². The Morgan fingerprint density at radius 1 is 1.23 bits per heavy atom. The topological polar surface area (TPSA) is 87.3 Å². The van der Waals surface area contributed by atoms with Gasteiger partial charge in [-0.2, -0.15) is 0 Å². The van der Waals surface area contributed by atoms with Crippen LogP contribution in [0.4, 0.5) is 11.4 Å². The minimum absolute atomic E-state index is 0.0764. The Morgan fingerprint density at radius 3 is 2.55 bits per heavy atom. The van der Waals surface area contributed by atoms with E-state index in [0.29, 0.717) is 29.8 Å². The number of hydrogen-bond donors (Lipinski definition) is 3. The summed E-state index contributed by atoms with van der Waals surface area (Å²) in [4.78, 5) is 11.9. The van der Waals surface area contributed by atoms with Crippen LogP contribution in [0.5, 0.6) is 0 Å². The monoisotopic (exact) mass is 327 g/mol. The zero-order chi connectivity index (χ0) is 16.6. The number of sulfonamides is 1. The number of amides is 1. The lowest BCUT2D eigenvalue weighted by molar-refractivity contribution is -0.116. The van der Waals surface area contributed by atoms with Crippen LogP contribution in [0, 0.1) is 6.92 Å². The molecule has 22 heavy (non-hydrogen) atoms. The molecule has 124 valence electrons. The second kappa shape index (κ2) is 8.75. The minimum Gasteiger partial charge on any atom is -0.326 e. The molecule has 0 saturated heterocycles. The van der Waals surface area contributed by atoms with Crippen molar-refractivity contribution in [1.82, 2.24) is 5.32 Å². The highest BCUT2D eigenvalue weighted by molar-refractivity contribution is 7.92. The van der Waals surface area contributed by atoms with Gasteiger partial charge in [0.05, 0.1) is 11.4 Å². The van der Waals surface area contributed by atoms with E-state index >= 15 is 0 Å². The van der Waals surface area contributed by atoms with Crippen molar-refractivity contribution in [3.63, 3.8) is 0 Å². The van der Waals surface area contributed by atoms with Crippen LogP contribution in [0.2, 0.25) is 0 Å². The summed E-state index contributed by atoms with van der Waals surface area (Å²) < 4.78 is 26.3. The van der Waals surface area contributed by atoms with Crippen molar-refractivity contribution in [2.75, 3.05) is 29.4 Å². The first-order valence-electron chi connectivity index (χ1n) is 7.44. The van der Waals surface area contributed by atoms with E-state index in [9.17, 15) is 13.2 Å². The van der Waals surface area contributed by atoms with Gasteiger partial charge in [0.15, 0.2) is 0 Å². The number of hydrogen-bond acceptors (Lipinski definition) is 4. The molecule has 0 unspecified atom stereocenters. The summed E-state index contributed by atoms with van der Waals surface area (Å²) >= 11 is 0. The fraction of sp³-hybridized carbons (Fsp3) is 0.533. The lowest BCUT2D eigenvalue weighted by Crippen LogP contribution is -2.18. The smallest absolute Gasteiger partial charge is 0.232 e. The lowest BCUT2D eigenvalue weighted by atomic mass is 10.1. The zero-order valence-electron chi connectivity index (χ0n) is 13.4. The van der Waals surface area contributed by atoms with Crippen molar-refractivity contribution < 1.29 is 13.2 Å². The van der Waals surface area contributed by atoms with Crippen LogP contribution in [-0.4, -0.2) is 33.7 Å². The Morgan fingerprint density at radius 2 is 1.91 bits per heavy atom. The van der Waals surface area contributed by atoms with Gasteiger partial charge in [-0.3, -0.25) is 9.52 Å². The molecule has 0 aliphatic heterocycles. The molecule has 6 nitrogen and oxygen atoms in total. The van der Waals surface area contributed by atoms with E-state index < -0.39 is 10.0 Å². The van der Waals surface area contributed by atoms with E-state index in [1.807, 2.05) is 14.0 Å². The Balaban J connectivity index is 2.78. The molecule has 0 aliphatic carbocycles. The van der Waals surface area contributed by atoms with E-state index in [0.717, 1.165) is 13.0 Å². The van der Waals surface area contributed by atoms with Gasteiger partial charge >= 0.3 is 0 Å². The first-order chi connectivity index (χ1) is 10.4. The summed E-state index contributed by atoms with van der Waals surface area (Å²) in [6, 6.07) is 5.18. The van der Waals surface area contributed by atoms with Crippen molar-refractivity contribution in [3.05, 3.63) is 23.8 Å². The average molecular weight is 327 g/mol. The molecule has 3 N–H and O–H groups in total. The van der Waals surface area contributed by atoms with Gasteiger partial charge < -0.3 is 10.6 Å². The van der Waals surface area contributed by atoms with Crippen LogP contribution in [0.1, 0.15) is 31.7 Å². The van der Waals surface area contributed by atoms with Crippen molar-refractivity contribution in [1.29, 1.82) is 0 Å². The largest absolute Gasteiger partial charge is 0.326 e. The first kappa shape index (κ1) is 18.4. The quantitative estimate of drug-likeness (QED) is 0.606. The highest BCUT2D eigenvalue weighted by Gasteiger charge is 2.13. The molecule has 0 spiro atoms. The molecular formula is C15H25N3O3S. The molecule has 0 fully saturated rings. The van der Waals surface area contributed by atoms with Crippen molar-refractivity contribution in [3.8, 4) is 0 Å². The highest BCUT2D eigenvalue weighted by atomic mass is 32.2. The maximum atomic E-state index is 11.9. The molecule has 0 aliphatic rings. The summed E-state index contributed by atoms with van der Waals surface area (Å²) in [5.74, 6) is -0.000497. The number of anilines is 2. The predicted octanol–water partition coefficient (Wildman–Crippen LogP) is 2.08. The molecule has 0 saturated carbocycles. The SMILES string of the molecule is CCCS(=O)(=O)Nc1cccc(NC(=O)CCCNC)c1C. The maximum Gasteiger partial charge on any atom is 0.232 e. The van der Waals surface area contributed by atoms with Crippen LogP contribution in [0.15, 0.2) is 18.2 Å². The normalized spacial score (nSPS) is 11.2. The van der Waals surface area contributed by atoms with Gasteiger partial charge in [0, 0.05) is 12.1 Å². The van der Waals surface area contributed by atoms with Crippen LogP contribution < -0.4 is 15.4 Å². The number of rotatable bonds is 9. The molecule has 1 aromatic carbocycles. The summed E-state index contributed by atoms with van der Waals surface area (Å²) in [5.41, 5.74) is 1.84. The molecule has 0 radical (unpaired) electrons. The Hall–Kier alpha value is -1.60. The maximum absolute atomic E-state index is 11.9. The standard InChI is InChI=1S/C15H25N3O3S/c1-4-11-22(20,21)18-14-8-5-7-13(12(14)2)17-15(19)9-6-10-16-3/h5,7-8,16,18H,4,6,9-11H2,1-3H3,(H,17,19). The van der Waals surface area contributed by atoms with E-state index in [-0.39, 0.29) is 11.7 Å². The third-order valence-electron chi connectivity index (χ3n) is 3.18. The lowest BCUT2D eigenvalue weighted by Gasteiger charge is -2.14. The first-order valence-corrected chi connectivity index (χ1v) is 9.09. The second-order valence-electron chi connectivity index (χ2n) is 5.15. The Labute approximate surface area is 132 Å². The summed E-state index contributed by atoms with van der Waals surface area (Å²) in [5, 5.41) is 5.81. The van der Waals surface area contributed by atoms with Crippen LogP contribution in [0.3, 0.4) is 0 Å². The molecule has 0 bridgehead atoms. The molecule has 0 aromatic heterocycles. The van der Waals surface area contributed by atoms with E-state index in [1.54, 1.807) is 25.1 Å². The molecule has 1 aromatic rings. The number of carbonyl (C=O) groups is 1. The Kier molecular flexibility index (Phi) is 7.34. The van der Waals surface area contributed by atoms with E-state index in [2.05, 4.69) is 15.4 Å². The van der Waals surface area contributed by atoms with E-state index in [4.69, 9.17) is 0 Å². The number of carbonyl (C=O) groups excluding carboxylic acids is 1. The van der Waals surface area contributed by atoms with Gasteiger partial charge in [0.2, 0.25) is 15.9 Å². The van der Waals surface area contributed by atoms with Crippen molar-refractivity contribution in [2.45, 2.75) is 33.1 Å². The summed E-state index contributed by atoms with van der Waals surface area (Å²) in [6.07, 6.45) is 1.73. The van der Waals surface area contributed by atoms with Gasteiger partial charge in [-0.15, -0.1) is 0 Å². The molecule has 7 heteroatoms. The van der Waals surface area contributed by atoms with Crippen LogP contribution >= 0.6 is 0 Å². The average Bonchev–Trinajstić information content (AvgIpc) is 2.43. The zero-order valence-corrected chi connectivity index (χ0v) is 14.2. The van der Waals surface area contributed by atoms with Crippen molar-refractivity contribution >= 4 is 27.3 Å².